The van der Waals surface area contributed by atoms with Crippen molar-refractivity contribution in [3.05, 3.63) is 35.4 Å². The highest BCUT2D eigenvalue weighted by molar-refractivity contribution is 5.80. The van der Waals surface area contributed by atoms with Gasteiger partial charge in [-0.25, -0.2) is 0 Å². The SMILES string of the molecule is CN=C(NCc1ccc(CN2CCCCC2C)cc1)N1CCC(COCCOC)C1. The summed E-state index contributed by atoms with van der Waals surface area (Å²) in [6, 6.07) is 9.77. The smallest absolute Gasteiger partial charge is 0.193 e. The summed E-state index contributed by atoms with van der Waals surface area (Å²) in [6.07, 6.45) is 5.19. The first-order valence-corrected chi connectivity index (χ1v) is 11.5. The summed E-state index contributed by atoms with van der Waals surface area (Å²) in [5, 5.41) is 3.54. The van der Waals surface area contributed by atoms with Crippen molar-refractivity contribution < 1.29 is 9.47 Å². The molecule has 2 heterocycles. The summed E-state index contributed by atoms with van der Waals surface area (Å²) in [4.78, 5) is 9.45. The number of rotatable bonds is 9. The average Bonchev–Trinajstić information content (AvgIpc) is 3.23. The van der Waals surface area contributed by atoms with Crippen LogP contribution in [0.3, 0.4) is 0 Å². The Labute approximate surface area is 182 Å². The Morgan fingerprint density at radius 2 is 1.90 bits per heavy atom. The first-order chi connectivity index (χ1) is 14.7. The molecule has 1 aromatic rings. The fraction of sp³-hybridized carbons (Fsp3) is 0.708. The van der Waals surface area contributed by atoms with E-state index < -0.39 is 0 Å². The molecule has 1 N–H and O–H groups in total. The van der Waals surface area contributed by atoms with Crippen LogP contribution in [0.15, 0.2) is 29.3 Å². The molecule has 2 saturated heterocycles. The minimum atomic E-state index is 0.567. The van der Waals surface area contributed by atoms with Crippen LogP contribution in [0.4, 0.5) is 0 Å². The van der Waals surface area contributed by atoms with E-state index in [1.165, 1.54) is 36.9 Å². The third kappa shape index (κ3) is 6.96. The fourth-order valence-corrected chi connectivity index (χ4v) is 4.46. The maximum absolute atomic E-state index is 5.71. The van der Waals surface area contributed by atoms with E-state index in [1.54, 1.807) is 7.11 Å². The maximum Gasteiger partial charge on any atom is 0.193 e. The second-order valence-electron chi connectivity index (χ2n) is 8.70. The van der Waals surface area contributed by atoms with Crippen LogP contribution in [0, 0.1) is 5.92 Å². The van der Waals surface area contributed by atoms with E-state index in [-0.39, 0.29) is 0 Å². The number of ether oxygens (including phenoxy) is 2. The number of hydrogen-bond donors (Lipinski definition) is 1. The molecule has 2 unspecified atom stereocenters. The lowest BCUT2D eigenvalue weighted by Crippen LogP contribution is -2.39. The van der Waals surface area contributed by atoms with E-state index in [0.29, 0.717) is 25.2 Å². The van der Waals surface area contributed by atoms with E-state index in [4.69, 9.17) is 9.47 Å². The van der Waals surface area contributed by atoms with Gasteiger partial charge in [-0.1, -0.05) is 30.7 Å². The fourth-order valence-electron chi connectivity index (χ4n) is 4.46. The summed E-state index contributed by atoms with van der Waals surface area (Å²) >= 11 is 0. The largest absolute Gasteiger partial charge is 0.382 e. The van der Waals surface area contributed by atoms with E-state index in [1.807, 2.05) is 7.05 Å². The van der Waals surface area contributed by atoms with Crippen molar-refractivity contribution >= 4 is 5.96 Å². The summed E-state index contributed by atoms with van der Waals surface area (Å²) in [6.45, 7) is 9.63. The first kappa shape index (κ1) is 23.0. The minimum absolute atomic E-state index is 0.567. The number of aliphatic imine (C=N–C) groups is 1. The van der Waals surface area contributed by atoms with Gasteiger partial charge < -0.3 is 19.7 Å². The Balaban J connectivity index is 1.41. The summed E-state index contributed by atoms with van der Waals surface area (Å²) in [7, 11) is 3.58. The van der Waals surface area contributed by atoms with Gasteiger partial charge >= 0.3 is 0 Å². The molecule has 0 radical (unpaired) electrons. The molecule has 6 heteroatoms. The highest BCUT2D eigenvalue weighted by Gasteiger charge is 2.25. The van der Waals surface area contributed by atoms with Crippen molar-refractivity contribution in [3.63, 3.8) is 0 Å². The van der Waals surface area contributed by atoms with E-state index in [9.17, 15) is 0 Å². The number of nitrogens with zero attached hydrogens (tertiary/aromatic N) is 3. The van der Waals surface area contributed by atoms with Gasteiger partial charge in [-0.3, -0.25) is 9.89 Å². The van der Waals surface area contributed by atoms with Crippen molar-refractivity contribution in [1.82, 2.24) is 15.1 Å². The molecule has 0 aromatic heterocycles. The highest BCUT2D eigenvalue weighted by Crippen LogP contribution is 2.20. The van der Waals surface area contributed by atoms with Crippen LogP contribution in [0.5, 0.6) is 0 Å². The molecule has 0 bridgehead atoms. The van der Waals surface area contributed by atoms with Gasteiger partial charge in [0.05, 0.1) is 19.8 Å². The number of methoxy groups -OCH3 is 1. The summed E-state index contributed by atoms with van der Waals surface area (Å²) in [5.41, 5.74) is 2.71. The van der Waals surface area contributed by atoms with Crippen LogP contribution in [-0.4, -0.2) is 75.4 Å². The number of nitrogens with one attached hydrogen (secondary N) is 1. The molecule has 0 spiro atoms. The molecule has 1 aromatic carbocycles. The third-order valence-electron chi connectivity index (χ3n) is 6.38. The van der Waals surface area contributed by atoms with Crippen molar-refractivity contribution in [2.24, 2.45) is 10.9 Å². The molecular weight excluding hydrogens is 376 g/mol. The standard InChI is InChI=1S/C24H40N4O2/c1-20-6-4-5-12-27(20)17-22-9-7-21(8-10-22)16-26-24(25-2)28-13-11-23(18-28)19-30-15-14-29-3/h7-10,20,23H,4-6,11-19H2,1-3H3,(H,25,26). The molecule has 30 heavy (non-hydrogen) atoms. The highest BCUT2D eigenvalue weighted by atomic mass is 16.5. The van der Waals surface area contributed by atoms with Crippen LogP contribution >= 0.6 is 0 Å². The quantitative estimate of drug-likeness (QED) is 0.381. The summed E-state index contributed by atoms with van der Waals surface area (Å²) < 4.78 is 10.7. The maximum atomic E-state index is 5.71. The van der Waals surface area contributed by atoms with Crippen molar-refractivity contribution in [2.45, 2.75) is 51.7 Å². The zero-order valence-electron chi connectivity index (χ0n) is 19.1. The average molecular weight is 417 g/mol. The monoisotopic (exact) mass is 416 g/mol. The number of likely N-dealkylation sites (tertiary alicyclic amines) is 2. The Morgan fingerprint density at radius 3 is 2.63 bits per heavy atom. The van der Waals surface area contributed by atoms with Crippen LogP contribution in [0.1, 0.15) is 43.7 Å². The van der Waals surface area contributed by atoms with Crippen LogP contribution in [-0.2, 0) is 22.6 Å². The van der Waals surface area contributed by atoms with E-state index in [0.717, 1.165) is 45.2 Å². The number of benzene rings is 1. The summed E-state index contributed by atoms with van der Waals surface area (Å²) in [5.74, 6) is 1.55. The lowest BCUT2D eigenvalue weighted by molar-refractivity contribution is 0.0536. The molecule has 3 rings (SSSR count). The number of guanidine groups is 1. The lowest BCUT2D eigenvalue weighted by atomic mass is 10.0. The molecule has 2 atom stereocenters. The molecule has 2 fully saturated rings. The van der Waals surface area contributed by atoms with Gasteiger partial charge in [-0.15, -0.1) is 0 Å². The minimum Gasteiger partial charge on any atom is -0.382 e. The van der Waals surface area contributed by atoms with Gasteiger partial charge in [0.2, 0.25) is 0 Å². The van der Waals surface area contributed by atoms with Gasteiger partial charge in [-0.05, 0) is 43.9 Å². The van der Waals surface area contributed by atoms with Crippen LogP contribution < -0.4 is 5.32 Å². The Morgan fingerprint density at radius 1 is 1.10 bits per heavy atom. The van der Waals surface area contributed by atoms with E-state index >= 15 is 0 Å². The molecule has 2 aliphatic rings. The lowest BCUT2D eigenvalue weighted by Gasteiger charge is -2.33. The zero-order chi connectivity index (χ0) is 21.2. The van der Waals surface area contributed by atoms with Crippen LogP contribution in [0.2, 0.25) is 0 Å². The molecule has 0 amide bonds. The topological polar surface area (TPSA) is 49.3 Å². The number of hydrogen-bond acceptors (Lipinski definition) is 4. The first-order valence-electron chi connectivity index (χ1n) is 11.5. The third-order valence-corrected chi connectivity index (χ3v) is 6.38. The van der Waals surface area contributed by atoms with Gasteiger partial charge in [0.25, 0.3) is 0 Å². The second kappa shape index (κ2) is 12.3. The Kier molecular flexibility index (Phi) is 9.43. The number of piperidine rings is 1. The van der Waals surface area contributed by atoms with Crippen LogP contribution in [0.25, 0.3) is 0 Å². The zero-order valence-corrected chi connectivity index (χ0v) is 19.1. The van der Waals surface area contributed by atoms with E-state index in [2.05, 4.69) is 51.3 Å². The normalized spacial score (nSPS) is 23.2. The predicted octanol–water partition coefficient (Wildman–Crippen LogP) is 3.12. The van der Waals surface area contributed by atoms with Crippen molar-refractivity contribution in [2.75, 3.05) is 53.6 Å². The molecule has 0 aliphatic carbocycles. The molecule has 6 nitrogen and oxygen atoms in total. The van der Waals surface area contributed by atoms with Gasteiger partial charge in [0.15, 0.2) is 5.96 Å². The predicted molar refractivity (Wildman–Crippen MR) is 123 cm³/mol. The van der Waals surface area contributed by atoms with Gasteiger partial charge in [0.1, 0.15) is 0 Å². The Hall–Kier alpha value is -1.63. The Bertz CT molecular complexity index is 649. The molecular formula is C24H40N4O2. The van der Waals surface area contributed by atoms with Gasteiger partial charge in [0, 0.05) is 52.3 Å². The van der Waals surface area contributed by atoms with Crippen molar-refractivity contribution in [1.29, 1.82) is 0 Å². The molecule has 2 aliphatic heterocycles. The van der Waals surface area contributed by atoms with Crippen molar-refractivity contribution in [3.8, 4) is 0 Å². The second-order valence-corrected chi connectivity index (χ2v) is 8.70. The molecule has 0 saturated carbocycles. The molecule has 168 valence electrons. The van der Waals surface area contributed by atoms with Gasteiger partial charge in [-0.2, -0.15) is 0 Å².